The van der Waals surface area contributed by atoms with Gasteiger partial charge in [0.1, 0.15) is 0 Å². The van der Waals surface area contributed by atoms with Crippen LogP contribution in [0.25, 0.3) is 33.4 Å². The van der Waals surface area contributed by atoms with Gasteiger partial charge in [0.25, 0.3) is 0 Å². The van der Waals surface area contributed by atoms with E-state index in [1.807, 2.05) is 18.2 Å². The van der Waals surface area contributed by atoms with Gasteiger partial charge in [0.2, 0.25) is 0 Å². The van der Waals surface area contributed by atoms with Crippen molar-refractivity contribution in [1.29, 1.82) is 0 Å². The summed E-state index contributed by atoms with van der Waals surface area (Å²) in [6.45, 7) is 2.10. The molecule has 0 radical (unpaired) electrons. The fourth-order valence-corrected chi connectivity index (χ4v) is 2.87. The second-order valence-corrected chi connectivity index (χ2v) is 6.27. The van der Waals surface area contributed by atoms with Crippen LogP contribution in [0.1, 0.15) is 5.56 Å². The second kappa shape index (κ2) is 6.06. The Morgan fingerprint density at radius 2 is 1.33 bits per heavy atom. The Labute approximate surface area is 145 Å². The van der Waals surface area contributed by atoms with E-state index in [9.17, 15) is 0 Å². The van der Waals surface area contributed by atoms with Crippen LogP contribution in [0.15, 0.2) is 72.9 Å². The standard InChI is InChI=1S/C21H15ClN2/c1-14-2-4-15(5-3-14)16-6-8-17(9-7-16)21-13-23-20-12-18(22)10-11-19(20)24-21/h2-13H,1H3. The van der Waals surface area contributed by atoms with Crippen molar-refractivity contribution in [3.8, 4) is 22.4 Å². The molecular formula is C21H15ClN2. The Bertz CT molecular complexity index is 1010. The number of hydrogen-bond acceptors (Lipinski definition) is 2. The quantitative estimate of drug-likeness (QED) is 0.455. The molecule has 0 saturated heterocycles. The predicted octanol–water partition coefficient (Wildman–Crippen LogP) is 5.93. The summed E-state index contributed by atoms with van der Waals surface area (Å²) >= 11 is 5.99. The highest BCUT2D eigenvalue weighted by Crippen LogP contribution is 2.25. The van der Waals surface area contributed by atoms with Gasteiger partial charge in [-0.2, -0.15) is 0 Å². The van der Waals surface area contributed by atoms with E-state index in [0.717, 1.165) is 22.3 Å². The van der Waals surface area contributed by atoms with Gasteiger partial charge in [0.05, 0.1) is 22.9 Å². The fourth-order valence-electron chi connectivity index (χ4n) is 2.70. The third kappa shape index (κ3) is 2.89. The number of benzene rings is 3. The molecule has 3 heteroatoms. The second-order valence-electron chi connectivity index (χ2n) is 5.83. The molecule has 0 saturated carbocycles. The molecule has 0 N–H and O–H groups in total. The van der Waals surface area contributed by atoms with Gasteiger partial charge >= 0.3 is 0 Å². The Balaban J connectivity index is 1.69. The smallest absolute Gasteiger partial charge is 0.0902 e. The lowest BCUT2D eigenvalue weighted by Crippen LogP contribution is -1.89. The topological polar surface area (TPSA) is 25.8 Å². The van der Waals surface area contributed by atoms with Crippen molar-refractivity contribution in [2.24, 2.45) is 0 Å². The average molecular weight is 331 g/mol. The number of hydrogen-bond donors (Lipinski definition) is 0. The third-order valence-corrected chi connectivity index (χ3v) is 4.30. The van der Waals surface area contributed by atoms with Gasteiger partial charge in [-0.25, -0.2) is 4.98 Å². The number of aromatic nitrogens is 2. The van der Waals surface area contributed by atoms with E-state index >= 15 is 0 Å². The molecule has 0 spiro atoms. The molecule has 0 bridgehead atoms. The summed E-state index contributed by atoms with van der Waals surface area (Å²) in [7, 11) is 0. The van der Waals surface area contributed by atoms with Gasteiger partial charge in [-0.15, -0.1) is 0 Å². The summed E-state index contributed by atoms with van der Waals surface area (Å²) in [4.78, 5) is 9.14. The van der Waals surface area contributed by atoms with E-state index in [-0.39, 0.29) is 0 Å². The highest BCUT2D eigenvalue weighted by molar-refractivity contribution is 6.31. The van der Waals surface area contributed by atoms with Crippen molar-refractivity contribution in [1.82, 2.24) is 9.97 Å². The first-order chi connectivity index (χ1) is 11.7. The molecule has 4 aromatic rings. The maximum absolute atomic E-state index is 5.99. The van der Waals surface area contributed by atoms with Crippen LogP contribution in [0.5, 0.6) is 0 Å². The van der Waals surface area contributed by atoms with E-state index in [0.29, 0.717) is 5.02 Å². The Morgan fingerprint density at radius 3 is 2.04 bits per heavy atom. The molecule has 3 aromatic carbocycles. The summed E-state index contributed by atoms with van der Waals surface area (Å²) in [5.74, 6) is 0. The average Bonchev–Trinajstić information content (AvgIpc) is 2.62. The molecule has 0 aliphatic heterocycles. The zero-order valence-electron chi connectivity index (χ0n) is 13.2. The number of halogens is 1. The first-order valence-electron chi connectivity index (χ1n) is 7.79. The summed E-state index contributed by atoms with van der Waals surface area (Å²) in [6.07, 6.45) is 1.79. The van der Waals surface area contributed by atoms with Gasteiger partial charge < -0.3 is 0 Å². The molecule has 0 atom stereocenters. The molecule has 24 heavy (non-hydrogen) atoms. The molecule has 0 amide bonds. The van der Waals surface area contributed by atoms with E-state index in [1.165, 1.54) is 16.7 Å². The van der Waals surface area contributed by atoms with Crippen molar-refractivity contribution < 1.29 is 0 Å². The van der Waals surface area contributed by atoms with Gasteiger partial charge in [-0.1, -0.05) is 65.7 Å². The van der Waals surface area contributed by atoms with Gasteiger partial charge in [0, 0.05) is 10.6 Å². The van der Waals surface area contributed by atoms with E-state index in [4.69, 9.17) is 11.6 Å². The minimum atomic E-state index is 0.673. The van der Waals surface area contributed by atoms with Crippen molar-refractivity contribution in [2.75, 3.05) is 0 Å². The first-order valence-corrected chi connectivity index (χ1v) is 8.17. The normalized spacial score (nSPS) is 10.9. The van der Waals surface area contributed by atoms with Crippen LogP contribution in [0, 0.1) is 6.92 Å². The molecule has 0 aliphatic rings. The van der Waals surface area contributed by atoms with Crippen LogP contribution in [0.3, 0.4) is 0 Å². The summed E-state index contributed by atoms with van der Waals surface area (Å²) < 4.78 is 0. The van der Waals surface area contributed by atoms with Gasteiger partial charge in [-0.3, -0.25) is 4.98 Å². The Hall–Kier alpha value is -2.71. The van der Waals surface area contributed by atoms with Crippen LogP contribution in [-0.4, -0.2) is 9.97 Å². The zero-order chi connectivity index (χ0) is 16.5. The SMILES string of the molecule is Cc1ccc(-c2ccc(-c3cnc4cc(Cl)ccc4n3)cc2)cc1. The summed E-state index contributed by atoms with van der Waals surface area (Å²) in [5, 5.41) is 0.673. The Kier molecular flexibility index (Phi) is 3.75. The molecular weight excluding hydrogens is 316 g/mol. The third-order valence-electron chi connectivity index (χ3n) is 4.07. The molecule has 0 fully saturated rings. The van der Waals surface area contributed by atoms with Crippen molar-refractivity contribution in [3.05, 3.63) is 83.5 Å². The lowest BCUT2D eigenvalue weighted by atomic mass is 10.0. The van der Waals surface area contributed by atoms with Crippen molar-refractivity contribution in [2.45, 2.75) is 6.92 Å². The highest BCUT2D eigenvalue weighted by Gasteiger charge is 2.04. The van der Waals surface area contributed by atoms with E-state index in [1.54, 1.807) is 6.20 Å². The minimum absolute atomic E-state index is 0.673. The number of rotatable bonds is 2. The number of aryl methyl sites for hydroxylation is 1. The van der Waals surface area contributed by atoms with Crippen LogP contribution in [-0.2, 0) is 0 Å². The molecule has 1 aromatic heterocycles. The zero-order valence-corrected chi connectivity index (χ0v) is 14.0. The fraction of sp³-hybridized carbons (Fsp3) is 0.0476. The lowest BCUT2D eigenvalue weighted by molar-refractivity contribution is 1.29. The van der Waals surface area contributed by atoms with Gasteiger partial charge in [0.15, 0.2) is 0 Å². The van der Waals surface area contributed by atoms with Crippen molar-refractivity contribution in [3.63, 3.8) is 0 Å². The predicted molar refractivity (Wildman–Crippen MR) is 100 cm³/mol. The maximum Gasteiger partial charge on any atom is 0.0902 e. The number of fused-ring (bicyclic) bond motifs is 1. The number of nitrogens with zero attached hydrogens (tertiary/aromatic N) is 2. The molecule has 0 unspecified atom stereocenters. The van der Waals surface area contributed by atoms with E-state index < -0.39 is 0 Å². The lowest BCUT2D eigenvalue weighted by Gasteiger charge is -2.06. The van der Waals surface area contributed by atoms with Crippen LogP contribution in [0.2, 0.25) is 5.02 Å². The summed E-state index contributed by atoms with van der Waals surface area (Å²) in [6, 6.07) is 22.5. The van der Waals surface area contributed by atoms with Crippen LogP contribution < -0.4 is 0 Å². The van der Waals surface area contributed by atoms with Gasteiger partial charge in [-0.05, 0) is 36.2 Å². The van der Waals surface area contributed by atoms with Crippen LogP contribution >= 0.6 is 11.6 Å². The molecule has 4 rings (SSSR count). The largest absolute Gasteiger partial charge is 0.252 e. The highest BCUT2D eigenvalue weighted by atomic mass is 35.5. The van der Waals surface area contributed by atoms with Crippen LogP contribution in [0.4, 0.5) is 0 Å². The maximum atomic E-state index is 5.99. The molecule has 2 nitrogen and oxygen atoms in total. The molecule has 1 heterocycles. The van der Waals surface area contributed by atoms with Crippen molar-refractivity contribution >= 4 is 22.6 Å². The summed E-state index contributed by atoms with van der Waals surface area (Å²) in [5.41, 5.74) is 7.24. The monoisotopic (exact) mass is 330 g/mol. The Morgan fingerprint density at radius 1 is 0.708 bits per heavy atom. The van der Waals surface area contributed by atoms with E-state index in [2.05, 4.69) is 65.4 Å². The first kappa shape index (κ1) is 14.9. The minimum Gasteiger partial charge on any atom is -0.252 e. The molecule has 116 valence electrons. The molecule has 0 aliphatic carbocycles.